The van der Waals surface area contributed by atoms with Gasteiger partial charge in [-0.2, -0.15) is 5.10 Å². The standard InChI is InChI=1S/C7H9N4/c1-5-3-9-11-4-8-10-7(11)6(5)2/h4-6H,1-2H3. The molecule has 1 radical (unpaired) electrons. The first-order valence-corrected chi connectivity index (χ1v) is 3.65. The summed E-state index contributed by atoms with van der Waals surface area (Å²) >= 11 is 0. The van der Waals surface area contributed by atoms with E-state index in [1.807, 2.05) is 0 Å². The molecule has 1 aliphatic rings. The third kappa shape index (κ3) is 0.859. The van der Waals surface area contributed by atoms with Gasteiger partial charge in [0.05, 0.1) is 6.21 Å². The molecule has 2 unspecified atom stereocenters. The van der Waals surface area contributed by atoms with Gasteiger partial charge in [-0.15, -0.1) is 10.2 Å². The second kappa shape index (κ2) is 2.15. The van der Waals surface area contributed by atoms with Gasteiger partial charge in [0.25, 0.3) is 0 Å². The van der Waals surface area contributed by atoms with Crippen LogP contribution in [0.25, 0.3) is 0 Å². The summed E-state index contributed by atoms with van der Waals surface area (Å²) in [4.78, 5) is 0. The van der Waals surface area contributed by atoms with Crippen LogP contribution < -0.4 is 0 Å². The summed E-state index contributed by atoms with van der Waals surface area (Å²) < 4.78 is 1.67. The smallest absolute Gasteiger partial charge is 0.157 e. The zero-order valence-corrected chi connectivity index (χ0v) is 6.52. The van der Waals surface area contributed by atoms with Crippen LogP contribution in [-0.2, 0) is 0 Å². The molecule has 2 atom stereocenters. The number of hydrogen-bond acceptors (Lipinski definition) is 3. The van der Waals surface area contributed by atoms with Gasteiger partial charge in [0.2, 0.25) is 0 Å². The van der Waals surface area contributed by atoms with Gasteiger partial charge in [-0.3, -0.25) is 0 Å². The largest absolute Gasteiger partial charge is 0.204 e. The van der Waals surface area contributed by atoms with Crippen molar-refractivity contribution in [2.24, 2.45) is 11.0 Å². The summed E-state index contributed by atoms with van der Waals surface area (Å²) in [6, 6.07) is 0. The molecule has 1 aromatic heterocycles. The highest BCUT2D eigenvalue weighted by molar-refractivity contribution is 5.62. The van der Waals surface area contributed by atoms with E-state index < -0.39 is 0 Å². The van der Waals surface area contributed by atoms with Crippen molar-refractivity contribution in [3.63, 3.8) is 0 Å². The Hall–Kier alpha value is -1.19. The fourth-order valence-electron chi connectivity index (χ4n) is 1.10. The number of fused-ring (bicyclic) bond motifs is 1. The van der Waals surface area contributed by atoms with Crippen molar-refractivity contribution >= 4 is 6.21 Å². The van der Waals surface area contributed by atoms with Crippen molar-refractivity contribution in [3.05, 3.63) is 12.2 Å². The summed E-state index contributed by atoms with van der Waals surface area (Å²) in [7, 11) is 0. The lowest BCUT2D eigenvalue weighted by molar-refractivity contribution is 0.541. The van der Waals surface area contributed by atoms with Gasteiger partial charge < -0.3 is 0 Å². The van der Waals surface area contributed by atoms with Gasteiger partial charge in [-0.25, -0.2) is 4.68 Å². The molecule has 0 bridgehead atoms. The van der Waals surface area contributed by atoms with Gasteiger partial charge >= 0.3 is 0 Å². The van der Waals surface area contributed by atoms with Gasteiger partial charge in [0.15, 0.2) is 5.82 Å². The van der Waals surface area contributed by atoms with E-state index in [1.165, 1.54) is 0 Å². The molecule has 2 rings (SSSR count). The molecule has 4 heteroatoms. The summed E-state index contributed by atoms with van der Waals surface area (Å²) in [6.45, 7) is 4.18. The van der Waals surface area contributed by atoms with E-state index >= 15 is 0 Å². The van der Waals surface area contributed by atoms with Crippen molar-refractivity contribution in [2.45, 2.75) is 19.8 Å². The first kappa shape index (κ1) is 6.52. The molecule has 1 aromatic rings. The quantitative estimate of drug-likeness (QED) is 0.546. The monoisotopic (exact) mass is 149 g/mol. The van der Waals surface area contributed by atoms with Crippen LogP contribution >= 0.6 is 0 Å². The zero-order valence-electron chi connectivity index (χ0n) is 6.52. The summed E-state index contributed by atoms with van der Waals surface area (Å²) in [5, 5.41) is 11.8. The lowest BCUT2D eigenvalue weighted by atomic mass is 9.96. The van der Waals surface area contributed by atoms with Gasteiger partial charge in [0, 0.05) is 11.8 Å². The Bertz CT molecular complexity index is 288. The minimum atomic E-state index is 0.340. The van der Waals surface area contributed by atoms with Crippen molar-refractivity contribution in [3.8, 4) is 0 Å². The van der Waals surface area contributed by atoms with Crippen LogP contribution in [0.15, 0.2) is 11.4 Å². The Morgan fingerprint density at radius 2 is 2.36 bits per heavy atom. The number of nitrogens with zero attached hydrogens (tertiary/aromatic N) is 4. The van der Waals surface area contributed by atoms with E-state index in [-0.39, 0.29) is 0 Å². The highest BCUT2D eigenvalue weighted by Gasteiger charge is 2.22. The third-order valence-corrected chi connectivity index (χ3v) is 2.08. The molecule has 0 N–H and O–H groups in total. The normalized spacial score (nSPS) is 28.5. The molecule has 0 amide bonds. The highest BCUT2D eigenvalue weighted by atomic mass is 15.4. The molecule has 0 saturated heterocycles. The molecular formula is C7H9N4. The number of aromatic nitrogens is 3. The molecule has 57 valence electrons. The van der Waals surface area contributed by atoms with Gasteiger partial charge in [-0.1, -0.05) is 13.8 Å². The van der Waals surface area contributed by atoms with Crippen molar-refractivity contribution < 1.29 is 0 Å². The SMILES string of the molecule is CC1[C]=Nn2cnnc2C1C. The number of rotatable bonds is 0. The Labute approximate surface area is 64.9 Å². The second-order valence-electron chi connectivity index (χ2n) is 2.84. The van der Waals surface area contributed by atoms with E-state index in [2.05, 4.69) is 35.4 Å². The lowest BCUT2D eigenvalue weighted by Gasteiger charge is -2.17. The van der Waals surface area contributed by atoms with E-state index in [4.69, 9.17) is 0 Å². The van der Waals surface area contributed by atoms with Crippen LogP contribution in [0.1, 0.15) is 25.6 Å². The van der Waals surface area contributed by atoms with E-state index in [0.717, 1.165) is 5.82 Å². The number of hydrogen-bond donors (Lipinski definition) is 0. The van der Waals surface area contributed by atoms with Gasteiger partial charge in [-0.05, 0) is 0 Å². The van der Waals surface area contributed by atoms with Crippen molar-refractivity contribution in [1.29, 1.82) is 0 Å². The molecule has 11 heavy (non-hydrogen) atoms. The van der Waals surface area contributed by atoms with Crippen LogP contribution in [0.5, 0.6) is 0 Å². The highest BCUT2D eigenvalue weighted by Crippen LogP contribution is 2.23. The maximum atomic E-state index is 4.03. The average molecular weight is 149 g/mol. The first-order chi connectivity index (χ1) is 5.29. The van der Waals surface area contributed by atoms with E-state index in [9.17, 15) is 0 Å². The van der Waals surface area contributed by atoms with Crippen LogP contribution in [-0.4, -0.2) is 21.1 Å². The molecule has 0 spiro atoms. The molecule has 4 nitrogen and oxygen atoms in total. The zero-order chi connectivity index (χ0) is 7.84. The summed E-state index contributed by atoms with van der Waals surface area (Å²) in [5.74, 6) is 1.64. The summed E-state index contributed by atoms with van der Waals surface area (Å²) in [5.41, 5.74) is 0. The Morgan fingerprint density at radius 3 is 3.18 bits per heavy atom. The molecule has 0 aliphatic carbocycles. The minimum absolute atomic E-state index is 0.340. The van der Waals surface area contributed by atoms with E-state index in [0.29, 0.717) is 11.8 Å². The van der Waals surface area contributed by atoms with Crippen LogP contribution in [0.2, 0.25) is 0 Å². The Balaban J connectivity index is 2.48. The molecule has 0 fully saturated rings. The maximum Gasteiger partial charge on any atom is 0.157 e. The predicted molar refractivity (Wildman–Crippen MR) is 40.4 cm³/mol. The lowest BCUT2D eigenvalue weighted by Crippen LogP contribution is -2.17. The van der Waals surface area contributed by atoms with Gasteiger partial charge in [0.1, 0.15) is 6.33 Å². The molecular weight excluding hydrogens is 140 g/mol. The Kier molecular flexibility index (Phi) is 1.27. The Morgan fingerprint density at radius 1 is 1.55 bits per heavy atom. The maximum absolute atomic E-state index is 4.03. The van der Waals surface area contributed by atoms with Crippen molar-refractivity contribution in [2.75, 3.05) is 0 Å². The van der Waals surface area contributed by atoms with Crippen LogP contribution in [0.3, 0.4) is 0 Å². The molecule has 0 saturated carbocycles. The minimum Gasteiger partial charge on any atom is -0.204 e. The molecule has 0 aromatic carbocycles. The van der Waals surface area contributed by atoms with Crippen LogP contribution in [0.4, 0.5) is 0 Å². The van der Waals surface area contributed by atoms with Crippen molar-refractivity contribution in [1.82, 2.24) is 14.9 Å². The molecule has 1 aliphatic heterocycles. The first-order valence-electron chi connectivity index (χ1n) is 3.65. The fraction of sp³-hybridized carbons (Fsp3) is 0.571. The second-order valence-corrected chi connectivity index (χ2v) is 2.84. The topological polar surface area (TPSA) is 43.1 Å². The third-order valence-electron chi connectivity index (χ3n) is 2.08. The van der Waals surface area contributed by atoms with E-state index in [1.54, 1.807) is 11.0 Å². The predicted octanol–water partition coefficient (Wildman–Crippen LogP) is 0.742. The average Bonchev–Trinajstić information content (AvgIpc) is 2.45. The summed E-state index contributed by atoms with van der Waals surface area (Å²) in [6.07, 6.45) is 4.58. The fourth-order valence-corrected chi connectivity index (χ4v) is 1.10. The molecule has 2 heterocycles. The van der Waals surface area contributed by atoms with Crippen LogP contribution in [0, 0.1) is 5.92 Å².